The number of ether oxygens (including phenoxy) is 1. The first-order valence-electron chi connectivity index (χ1n) is 7.39. The smallest absolute Gasteiger partial charge is 0.254 e. The predicted octanol–water partition coefficient (Wildman–Crippen LogP) is 2.48. The summed E-state index contributed by atoms with van der Waals surface area (Å²) in [7, 11) is 0. The highest BCUT2D eigenvalue weighted by molar-refractivity contribution is 5.95. The third-order valence-electron chi connectivity index (χ3n) is 4.44. The normalized spacial score (nSPS) is 26.1. The molecule has 108 valence electrons. The van der Waals surface area contributed by atoms with Gasteiger partial charge >= 0.3 is 0 Å². The van der Waals surface area contributed by atoms with Gasteiger partial charge in [-0.25, -0.2) is 0 Å². The van der Waals surface area contributed by atoms with Crippen molar-refractivity contribution in [3.05, 3.63) is 29.3 Å². The van der Waals surface area contributed by atoms with Crippen LogP contribution < -0.4 is 0 Å². The first-order chi connectivity index (χ1) is 9.66. The first-order valence-corrected chi connectivity index (χ1v) is 7.39. The van der Waals surface area contributed by atoms with Crippen molar-refractivity contribution in [2.75, 3.05) is 13.2 Å². The van der Waals surface area contributed by atoms with Crippen LogP contribution in [0.1, 0.15) is 41.6 Å². The van der Waals surface area contributed by atoms with Crippen LogP contribution in [-0.4, -0.2) is 41.2 Å². The van der Waals surface area contributed by atoms with Gasteiger partial charge in [-0.1, -0.05) is 12.8 Å². The molecule has 4 heteroatoms. The molecule has 1 N–H and O–H groups in total. The zero-order valence-electron chi connectivity index (χ0n) is 11.8. The van der Waals surface area contributed by atoms with Crippen LogP contribution in [-0.2, 0) is 4.74 Å². The third-order valence-corrected chi connectivity index (χ3v) is 4.44. The maximum atomic E-state index is 12.7. The molecule has 1 heterocycles. The third kappa shape index (κ3) is 2.40. The zero-order chi connectivity index (χ0) is 14.1. The van der Waals surface area contributed by atoms with Crippen LogP contribution in [0.5, 0.6) is 5.75 Å². The van der Waals surface area contributed by atoms with Crippen LogP contribution in [0.15, 0.2) is 18.2 Å². The molecule has 0 spiro atoms. The lowest BCUT2D eigenvalue weighted by molar-refractivity contribution is -0.0752. The molecule has 1 aliphatic carbocycles. The van der Waals surface area contributed by atoms with Gasteiger partial charge in [0.25, 0.3) is 5.91 Å². The van der Waals surface area contributed by atoms with E-state index >= 15 is 0 Å². The Morgan fingerprint density at radius 3 is 2.95 bits per heavy atom. The zero-order valence-corrected chi connectivity index (χ0v) is 11.8. The number of phenols is 1. The Kier molecular flexibility index (Phi) is 3.66. The summed E-state index contributed by atoms with van der Waals surface area (Å²) in [6.07, 6.45) is 4.67. The summed E-state index contributed by atoms with van der Waals surface area (Å²) in [6.45, 7) is 3.11. The number of phenolic OH excluding ortho intramolecular Hbond substituents is 1. The molecule has 0 bridgehead atoms. The number of benzene rings is 1. The first kappa shape index (κ1) is 13.4. The minimum atomic E-state index is 0.0632. The van der Waals surface area contributed by atoms with Gasteiger partial charge in [0.15, 0.2) is 0 Å². The van der Waals surface area contributed by atoms with E-state index in [2.05, 4.69) is 0 Å². The molecule has 0 radical (unpaired) electrons. The van der Waals surface area contributed by atoms with E-state index < -0.39 is 0 Å². The van der Waals surface area contributed by atoms with E-state index in [1.807, 2.05) is 11.8 Å². The molecule has 1 amide bonds. The number of amides is 1. The maximum absolute atomic E-state index is 12.7. The monoisotopic (exact) mass is 275 g/mol. The van der Waals surface area contributed by atoms with E-state index in [0.29, 0.717) is 18.7 Å². The topological polar surface area (TPSA) is 49.8 Å². The second kappa shape index (κ2) is 5.44. The molecule has 3 rings (SSSR count). The Bertz CT molecular complexity index is 512. The van der Waals surface area contributed by atoms with E-state index in [1.54, 1.807) is 18.2 Å². The second-order valence-corrected chi connectivity index (χ2v) is 5.76. The average Bonchev–Trinajstić information content (AvgIpc) is 2.49. The van der Waals surface area contributed by atoms with E-state index in [0.717, 1.165) is 18.4 Å². The maximum Gasteiger partial charge on any atom is 0.254 e. The summed E-state index contributed by atoms with van der Waals surface area (Å²) in [5.41, 5.74) is 1.40. The molecule has 1 aliphatic heterocycles. The summed E-state index contributed by atoms with van der Waals surface area (Å²) in [4.78, 5) is 14.7. The fraction of sp³-hybridized carbons (Fsp3) is 0.562. The van der Waals surface area contributed by atoms with Gasteiger partial charge in [0.1, 0.15) is 5.75 Å². The number of hydrogen-bond acceptors (Lipinski definition) is 3. The molecule has 2 atom stereocenters. The minimum Gasteiger partial charge on any atom is -0.508 e. The number of hydrogen-bond donors (Lipinski definition) is 1. The van der Waals surface area contributed by atoms with Gasteiger partial charge < -0.3 is 14.7 Å². The Balaban J connectivity index is 1.83. The molecule has 2 fully saturated rings. The number of aromatic hydroxyl groups is 1. The Labute approximate surface area is 119 Å². The van der Waals surface area contributed by atoms with Crippen molar-refractivity contribution in [3.63, 3.8) is 0 Å². The molecule has 1 aromatic carbocycles. The summed E-state index contributed by atoms with van der Waals surface area (Å²) in [5.74, 6) is 0.298. The van der Waals surface area contributed by atoms with Gasteiger partial charge in [-0.05, 0) is 43.5 Å². The lowest BCUT2D eigenvalue weighted by Gasteiger charge is -2.43. The number of carbonyl (C=O) groups is 1. The predicted molar refractivity (Wildman–Crippen MR) is 75.9 cm³/mol. The molecule has 2 unspecified atom stereocenters. The SMILES string of the molecule is Cc1cc(C(=O)N2CCOC3CCCCC32)ccc1O. The quantitative estimate of drug-likeness (QED) is 0.856. The lowest BCUT2D eigenvalue weighted by Crippen LogP contribution is -2.54. The van der Waals surface area contributed by atoms with Crippen molar-refractivity contribution in [3.8, 4) is 5.75 Å². The van der Waals surface area contributed by atoms with Crippen molar-refractivity contribution in [1.82, 2.24) is 4.90 Å². The number of fused-ring (bicyclic) bond motifs is 1. The standard InChI is InChI=1S/C16H21NO3/c1-11-10-12(6-7-14(11)18)16(19)17-8-9-20-15-5-3-2-4-13(15)17/h6-7,10,13,15,18H,2-5,8-9H2,1H3. The summed E-state index contributed by atoms with van der Waals surface area (Å²) >= 11 is 0. The van der Waals surface area contributed by atoms with Crippen LogP contribution in [0, 0.1) is 6.92 Å². The van der Waals surface area contributed by atoms with Crippen LogP contribution in [0.2, 0.25) is 0 Å². The number of carbonyl (C=O) groups excluding carboxylic acids is 1. The van der Waals surface area contributed by atoms with Gasteiger partial charge in [0, 0.05) is 12.1 Å². The molecule has 1 saturated carbocycles. The second-order valence-electron chi connectivity index (χ2n) is 5.76. The van der Waals surface area contributed by atoms with E-state index in [9.17, 15) is 9.90 Å². The van der Waals surface area contributed by atoms with Crippen LogP contribution >= 0.6 is 0 Å². The Hall–Kier alpha value is -1.55. The van der Waals surface area contributed by atoms with Gasteiger partial charge in [0.2, 0.25) is 0 Å². The summed E-state index contributed by atoms with van der Waals surface area (Å²) in [5, 5.41) is 9.58. The van der Waals surface area contributed by atoms with Crippen molar-refractivity contribution < 1.29 is 14.6 Å². The lowest BCUT2D eigenvalue weighted by atomic mass is 9.89. The molecular formula is C16H21NO3. The molecule has 0 aromatic heterocycles. The van der Waals surface area contributed by atoms with Gasteiger partial charge in [0.05, 0.1) is 18.8 Å². The van der Waals surface area contributed by atoms with Gasteiger partial charge in [-0.3, -0.25) is 4.79 Å². The molecule has 1 saturated heterocycles. The summed E-state index contributed by atoms with van der Waals surface area (Å²) in [6, 6.07) is 5.30. The number of morpholine rings is 1. The van der Waals surface area contributed by atoms with E-state index in [-0.39, 0.29) is 23.8 Å². The summed E-state index contributed by atoms with van der Waals surface area (Å²) < 4.78 is 5.81. The molecule has 20 heavy (non-hydrogen) atoms. The van der Waals surface area contributed by atoms with Gasteiger partial charge in [-0.15, -0.1) is 0 Å². The van der Waals surface area contributed by atoms with Crippen LogP contribution in [0.3, 0.4) is 0 Å². The van der Waals surface area contributed by atoms with Crippen LogP contribution in [0.4, 0.5) is 0 Å². The van der Waals surface area contributed by atoms with E-state index in [1.165, 1.54) is 12.8 Å². The molecule has 2 aliphatic rings. The fourth-order valence-electron chi connectivity index (χ4n) is 3.30. The Morgan fingerprint density at radius 2 is 2.15 bits per heavy atom. The largest absolute Gasteiger partial charge is 0.508 e. The Morgan fingerprint density at radius 1 is 1.35 bits per heavy atom. The number of aryl methyl sites for hydroxylation is 1. The average molecular weight is 275 g/mol. The highest BCUT2D eigenvalue weighted by Crippen LogP contribution is 2.30. The fourth-order valence-corrected chi connectivity index (χ4v) is 3.30. The van der Waals surface area contributed by atoms with Crippen molar-refractivity contribution in [1.29, 1.82) is 0 Å². The molecule has 4 nitrogen and oxygen atoms in total. The van der Waals surface area contributed by atoms with Crippen molar-refractivity contribution in [2.45, 2.75) is 44.8 Å². The number of rotatable bonds is 1. The highest BCUT2D eigenvalue weighted by Gasteiger charge is 2.36. The van der Waals surface area contributed by atoms with Crippen LogP contribution in [0.25, 0.3) is 0 Å². The minimum absolute atomic E-state index is 0.0632. The molecular weight excluding hydrogens is 254 g/mol. The highest BCUT2D eigenvalue weighted by atomic mass is 16.5. The van der Waals surface area contributed by atoms with E-state index in [4.69, 9.17) is 4.74 Å². The van der Waals surface area contributed by atoms with Crippen molar-refractivity contribution >= 4 is 5.91 Å². The van der Waals surface area contributed by atoms with Gasteiger partial charge in [-0.2, -0.15) is 0 Å². The van der Waals surface area contributed by atoms with Crippen molar-refractivity contribution in [2.24, 2.45) is 0 Å². The molecule has 1 aromatic rings. The number of nitrogens with zero attached hydrogens (tertiary/aromatic N) is 1.